The van der Waals surface area contributed by atoms with Crippen molar-refractivity contribution in [3.05, 3.63) is 260 Å². The van der Waals surface area contributed by atoms with E-state index in [4.69, 9.17) is 0 Å². The molecule has 0 bridgehead atoms. The fourth-order valence-electron chi connectivity index (χ4n) is 13.3. The molecule has 0 spiro atoms. The summed E-state index contributed by atoms with van der Waals surface area (Å²) in [5.74, 6) is 0. The van der Waals surface area contributed by atoms with Gasteiger partial charge < -0.3 is 4.90 Å². The maximum Gasteiger partial charge on any atom is 0.221 e. The molecule has 0 saturated carbocycles. The molecule has 13 rings (SSSR count). The number of hydrogen-bond acceptors (Lipinski definition) is 1. The van der Waals surface area contributed by atoms with Crippen molar-refractivity contribution in [3.8, 4) is 55.9 Å². The first-order valence-corrected chi connectivity index (χ1v) is 26.9. The van der Waals surface area contributed by atoms with Gasteiger partial charge >= 0.3 is 0 Å². The number of anilines is 3. The van der Waals surface area contributed by atoms with Crippen molar-refractivity contribution in [1.82, 2.24) is 0 Å². The first-order valence-electron chi connectivity index (χ1n) is 26.9. The molecule has 2 aromatic heterocycles. The third-order valence-electron chi connectivity index (χ3n) is 16.6. The molecular formula is C71H61N3+2. The second-order valence-electron chi connectivity index (χ2n) is 20.5. The number of hydrogen-bond donors (Lipinski definition) is 0. The van der Waals surface area contributed by atoms with Gasteiger partial charge in [0.05, 0.1) is 21.9 Å². The van der Waals surface area contributed by atoms with E-state index in [9.17, 15) is 0 Å². The number of fused-ring (bicyclic) bond motifs is 10. The van der Waals surface area contributed by atoms with Crippen molar-refractivity contribution in [3.63, 3.8) is 0 Å². The maximum atomic E-state index is 2.69. The molecule has 3 nitrogen and oxygen atoms in total. The topological polar surface area (TPSA) is 11.0 Å². The van der Waals surface area contributed by atoms with Crippen molar-refractivity contribution in [2.24, 2.45) is 0 Å². The predicted molar refractivity (Wildman–Crippen MR) is 308 cm³/mol. The van der Waals surface area contributed by atoms with Gasteiger partial charge in [0.25, 0.3) is 0 Å². The smallest absolute Gasteiger partial charge is 0.221 e. The monoisotopic (exact) mass is 955 g/mol. The molecular weight excluding hydrogens is 895 g/mol. The summed E-state index contributed by atoms with van der Waals surface area (Å²) in [4.78, 5) is 2.37. The lowest BCUT2D eigenvalue weighted by molar-refractivity contribution is -0.757. The molecule has 0 amide bonds. The Morgan fingerprint density at radius 1 is 0.432 bits per heavy atom. The first-order chi connectivity index (χ1) is 36.6. The average molecular weight is 956 g/mol. The van der Waals surface area contributed by atoms with Crippen molar-refractivity contribution in [2.75, 3.05) is 4.90 Å². The Kier molecular flexibility index (Phi) is 11.6. The van der Waals surface area contributed by atoms with Gasteiger partial charge in [0, 0.05) is 41.2 Å². The fraction of sp³-hybridized carbons (Fsp3) is 0.155. The summed E-state index contributed by atoms with van der Waals surface area (Å²) in [6, 6.07) is 86.4. The second kappa shape index (κ2) is 18.9. The number of benzene rings is 9. The molecule has 2 aliphatic heterocycles. The molecule has 2 aliphatic rings. The number of pyridine rings is 2. The van der Waals surface area contributed by atoms with Crippen LogP contribution in [0.3, 0.4) is 0 Å². The normalized spacial score (nSPS) is 16.4. The third kappa shape index (κ3) is 7.39. The molecule has 3 unspecified atom stereocenters. The Morgan fingerprint density at radius 2 is 1.03 bits per heavy atom. The Labute approximate surface area is 436 Å². The summed E-state index contributed by atoms with van der Waals surface area (Å²) in [5, 5.41) is 5.31. The molecule has 74 heavy (non-hydrogen) atoms. The third-order valence-corrected chi connectivity index (χ3v) is 16.6. The summed E-state index contributed by atoms with van der Waals surface area (Å²) in [6.07, 6.45) is 10.3. The molecule has 358 valence electrons. The molecule has 0 radical (unpaired) electrons. The van der Waals surface area contributed by atoms with E-state index >= 15 is 0 Å². The molecule has 3 atom stereocenters. The summed E-state index contributed by atoms with van der Waals surface area (Å²) < 4.78 is 5.36. The fourth-order valence-corrected chi connectivity index (χ4v) is 13.3. The number of nitrogens with zero attached hydrogens (tertiary/aromatic N) is 3. The van der Waals surface area contributed by atoms with Crippen molar-refractivity contribution < 1.29 is 9.13 Å². The van der Waals surface area contributed by atoms with Crippen LogP contribution in [-0.2, 0) is 11.8 Å². The van der Waals surface area contributed by atoms with E-state index in [-0.39, 0.29) is 17.5 Å². The van der Waals surface area contributed by atoms with Crippen LogP contribution in [0.1, 0.15) is 75.2 Å². The van der Waals surface area contributed by atoms with E-state index in [0.717, 1.165) is 36.3 Å². The SMILES string of the molecule is CCCCc1cccc2c3[n+](ccc12)C(CC)C(CC)(C1c2ccc(-c4cccc(-c5cc(-c6ccccc6)cc(N(c6ccccc6)c6ccccc6)c5)c4)cc2-c2c4ccccc4cc[n+]21)c1ccccc1-3. The second-order valence-corrected chi connectivity index (χ2v) is 20.5. The number of aryl methyl sites for hydroxylation is 1. The molecule has 4 heterocycles. The lowest BCUT2D eigenvalue weighted by Crippen LogP contribution is -2.62. The van der Waals surface area contributed by atoms with Gasteiger partial charge in [-0.25, -0.2) is 0 Å². The molecule has 9 aromatic carbocycles. The minimum atomic E-state index is -0.264. The molecule has 3 heteroatoms. The highest BCUT2D eigenvalue weighted by Crippen LogP contribution is 2.57. The number of aromatic nitrogens is 2. The number of para-hydroxylation sites is 2. The summed E-state index contributed by atoms with van der Waals surface area (Å²) >= 11 is 0. The summed E-state index contributed by atoms with van der Waals surface area (Å²) in [7, 11) is 0. The van der Waals surface area contributed by atoms with Gasteiger partial charge in [-0.3, -0.25) is 0 Å². The number of unbranched alkanes of at least 4 members (excludes halogenated alkanes) is 1. The van der Waals surface area contributed by atoms with Gasteiger partial charge in [-0.1, -0.05) is 173 Å². The molecule has 0 aliphatic carbocycles. The Balaban J connectivity index is 0.976. The highest BCUT2D eigenvalue weighted by atomic mass is 15.1. The Bertz CT molecular complexity index is 3840. The molecule has 0 saturated heterocycles. The van der Waals surface area contributed by atoms with Gasteiger partial charge in [0.2, 0.25) is 17.4 Å². The van der Waals surface area contributed by atoms with Gasteiger partial charge in [-0.2, -0.15) is 9.13 Å². The predicted octanol–water partition coefficient (Wildman–Crippen LogP) is 17.9. The Hall–Kier alpha value is -8.40. The zero-order valence-corrected chi connectivity index (χ0v) is 42.6. The van der Waals surface area contributed by atoms with Gasteiger partial charge in [0.1, 0.15) is 5.41 Å². The van der Waals surface area contributed by atoms with Crippen LogP contribution in [0.25, 0.3) is 77.4 Å². The zero-order chi connectivity index (χ0) is 49.8. The van der Waals surface area contributed by atoms with E-state index in [1.165, 1.54) is 107 Å². The summed E-state index contributed by atoms with van der Waals surface area (Å²) in [6.45, 7) is 7.16. The first kappa shape index (κ1) is 45.5. The van der Waals surface area contributed by atoms with Crippen LogP contribution >= 0.6 is 0 Å². The number of rotatable bonds is 12. The summed E-state index contributed by atoms with van der Waals surface area (Å²) in [5.41, 5.74) is 19.8. The van der Waals surface area contributed by atoms with Crippen LogP contribution in [0, 0.1) is 0 Å². The van der Waals surface area contributed by atoms with Crippen LogP contribution < -0.4 is 14.0 Å². The van der Waals surface area contributed by atoms with Crippen molar-refractivity contribution in [1.29, 1.82) is 0 Å². The minimum Gasteiger partial charge on any atom is -0.310 e. The van der Waals surface area contributed by atoms with Gasteiger partial charge in [-0.05, 0) is 147 Å². The lowest BCUT2D eigenvalue weighted by atomic mass is 9.61. The van der Waals surface area contributed by atoms with Gasteiger partial charge in [-0.15, -0.1) is 0 Å². The average Bonchev–Trinajstić information content (AvgIpc) is 3.81. The highest BCUT2D eigenvalue weighted by Gasteiger charge is 2.62. The van der Waals surface area contributed by atoms with E-state index in [1.807, 2.05) is 0 Å². The van der Waals surface area contributed by atoms with Gasteiger partial charge in [0.15, 0.2) is 18.4 Å². The van der Waals surface area contributed by atoms with Crippen LogP contribution in [0.15, 0.2) is 243 Å². The molecule has 11 aromatic rings. The van der Waals surface area contributed by atoms with E-state index in [1.54, 1.807) is 0 Å². The maximum absolute atomic E-state index is 2.69. The van der Waals surface area contributed by atoms with Crippen molar-refractivity contribution in [2.45, 2.75) is 70.4 Å². The van der Waals surface area contributed by atoms with Crippen LogP contribution in [-0.4, -0.2) is 0 Å². The standard InChI is InChI=1S/C71H61N3/c1-4-7-23-50-27-22-36-62-60(50)41-43-72-67(5-2)71(6-3,66-37-20-19-35-64(66)69(62)72)70-63-39-38-54(48-65(63)68-61-34-18-17-26-51(61)40-42-73(68)70)52-28-21-29-53(44-52)56-45-55(49-24-11-8-12-25-49)46-59(47-56)74(57-30-13-9-14-31-57)58-32-15-10-16-33-58/h8-22,24-48,67,70H,4-7,23H2,1-3H3/q+2. The molecule has 0 fully saturated rings. The highest BCUT2D eigenvalue weighted by molar-refractivity contribution is 5.98. The van der Waals surface area contributed by atoms with E-state index in [0.29, 0.717) is 0 Å². The Morgan fingerprint density at radius 3 is 1.77 bits per heavy atom. The molecule has 0 N–H and O–H groups in total. The van der Waals surface area contributed by atoms with Crippen molar-refractivity contribution >= 4 is 38.6 Å². The quantitative estimate of drug-likeness (QED) is 0.111. The minimum absolute atomic E-state index is 0.0529. The largest absolute Gasteiger partial charge is 0.310 e. The van der Waals surface area contributed by atoms with E-state index < -0.39 is 0 Å². The van der Waals surface area contributed by atoms with Crippen LogP contribution in [0.4, 0.5) is 17.1 Å². The lowest BCUT2D eigenvalue weighted by Gasteiger charge is -2.43. The zero-order valence-electron chi connectivity index (χ0n) is 42.6. The van der Waals surface area contributed by atoms with E-state index in [2.05, 4.69) is 278 Å². The van der Waals surface area contributed by atoms with Crippen LogP contribution in [0.2, 0.25) is 0 Å². The van der Waals surface area contributed by atoms with Crippen LogP contribution in [0.5, 0.6) is 0 Å².